The molecule has 0 radical (unpaired) electrons. The Morgan fingerprint density at radius 1 is 0.887 bits per heavy atom. The third-order valence-corrected chi connectivity index (χ3v) is 10.1. The molecule has 0 unspecified atom stereocenters. The molecule has 1 amide bonds. The second-order valence-electron chi connectivity index (χ2n) is 13.9. The Hall–Kier alpha value is -5.49. The van der Waals surface area contributed by atoms with Crippen molar-refractivity contribution in [3.63, 3.8) is 0 Å². The lowest BCUT2D eigenvalue weighted by Crippen LogP contribution is -2.45. The number of nitrogens with one attached hydrogen (secondary N) is 1. The second-order valence-corrected chi connectivity index (χ2v) is 13.9. The molecule has 12 heteroatoms. The Labute approximate surface area is 305 Å². The zero-order valence-electron chi connectivity index (χ0n) is 30.0. The van der Waals surface area contributed by atoms with E-state index in [4.69, 9.17) is 0 Å². The van der Waals surface area contributed by atoms with E-state index >= 15 is 0 Å². The largest absolute Gasteiger partial charge is 0.348 e. The lowest BCUT2D eigenvalue weighted by Gasteiger charge is -2.30. The van der Waals surface area contributed by atoms with Crippen molar-refractivity contribution in [2.24, 2.45) is 0 Å². The number of amides is 1. The van der Waals surface area contributed by atoms with Crippen molar-refractivity contribution in [2.75, 3.05) is 13.1 Å². The molecular formula is C41H43F2N7O3. The van der Waals surface area contributed by atoms with Crippen molar-refractivity contribution in [1.82, 2.24) is 33.7 Å². The highest BCUT2D eigenvalue weighted by Gasteiger charge is 2.28. The molecule has 0 aliphatic heterocycles. The van der Waals surface area contributed by atoms with Gasteiger partial charge in [0, 0.05) is 31.0 Å². The average Bonchev–Trinajstić information content (AvgIpc) is 3.59. The maximum absolute atomic E-state index is 14.6. The molecule has 7 rings (SSSR count). The summed E-state index contributed by atoms with van der Waals surface area (Å²) in [4.78, 5) is 52.2. The normalized spacial score (nSPS) is 16.1. The first kappa shape index (κ1) is 35.9. The number of halogens is 2. The Bertz CT molecular complexity index is 2380. The van der Waals surface area contributed by atoms with Crippen LogP contribution in [0.1, 0.15) is 80.9 Å². The van der Waals surface area contributed by atoms with Crippen molar-refractivity contribution >= 4 is 22.6 Å². The van der Waals surface area contributed by atoms with E-state index in [9.17, 15) is 23.2 Å². The molecule has 1 N–H and O–H groups in total. The zero-order valence-corrected chi connectivity index (χ0v) is 30.0. The number of unbranched alkanes of at least 4 members (excludes halogenated alkanes) is 1. The first-order valence-corrected chi connectivity index (χ1v) is 18.4. The minimum Gasteiger partial charge on any atom is -0.348 e. The summed E-state index contributed by atoms with van der Waals surface area (Å²) in [5.74, 6) is -1.50. The zero-order chi connectivity index (χ0) is 37.1. The highest BCUT2D eigenvalue weighted by molar-refractivity contribution is 5.93. The van der Waals surface area contributed by atoms with Crippen molar-refractivity contribution in [2.45, 2.75) is 77.4 Å². The van der Waals surface area contributed by atoms with Crippen LogP contribution in [0.3, 0.4) is 0 Å². The van der Waals surface area contributed by atoms with Gasteiger partial charge in [-0.1, -0.05) is 56.7 Å². The number of hydrogen-bond acceptors (Lipinski definition) is 6. The van der Waals surface area contributed by atoms with E-state index < -0.39 is 28.9 Å². The molecule has 0 saturated heterocycles. The lowest BCUT2D eigenvalue weighted by molar-refractivity contribution is 0.0917. The van der Waals surface area contributed by atoms with Gasteiger partial charge in [-0.05, 0) is 98.6 Å². The number of pyridine rings is 2. The summed E-state index contributed by atoms with van der Waals surface area (Å²) in [6.45, 7) is 7.42. The topological polar surface area (TPSA) is 107 Å². The van der Waals surface area contributed by atoms with Crippen LogP contribution < -0.4 is 16.6 Å². The number of carbonyl (C=O) groups is 1. The van der Waals surface area contributed by atoms with Crippen LogP contribution in [0, 0.1) is 11.6 Å². The van der Waals surface area contributed by atoms with Crippen molar-refractivity contribution in [1.29, 1.82) is 0 Å². The Kier molecular flexibility index (Phi) is 10.6. The Morgan fingerprint density at radius 2 is 1.68 bits per heavy atom. The van der Waals surface area contributed by atoms with Gasteiger partial charge in [0.2, 0.25) is 0 Å². The molecule has 1 saturated carbocycles. The Balaban J connectivity index is 1.14. The number of benzene rings is 2. The predicted molar refractivity (Wildman–Crippen MR) is 201 cm³/mol. The van der Waals surface area contributed by atoms with E-state index in [1.54, 1.807) is 6.07 Å². The summed E-state index contributed by atoms with van der Waals surface area (Å²) in [7, 11) is 0. The van der Waals surface area contributed by atoms with Gasteiger partial charge in [-0.25, -0.2) is 28.1 Å². The highest BCUT2D eigenvalue weighted by atomic mass is 19.1. The van der Waals surface area contributed by atoms with E-state index in [0.29, 0.717) is 37.0 Å². The van der Waals surface area contributed by atoms with Crippen LogP contribution in [0.15, 0.2) is 94.9 Å². The summed E-state index contributed by atoms with van der Waals surface area (Å²) < 4.78 is 32.3. The molecule has 1 aliphatic carbocycles. The minimum atomic E-state index is -0.673. The van der Waals surface area contributed by atoms with Gasteiger partial charge in [-0.3, -0.25) is 19.1 Å². The van der Waals surface area contributed by atoms with Gasteiger partial charge in [0.25, 0.3) is 11.5 Å². The van der Waals surface area contributed by atoms with Crippen LogP contribution in [-0.4, -0.2) is 53.4 Å². The lowest BCUT2D eigenvalue weighted by atomic mass is 9.90. The average molecular weight is 720 g/mol. The summed E-state index contributed by atoms with van der Waals surface area (Å²) in [5, 5.41) is 3.00. The van der Waals surface area contributed by atoms with E-state index in [1.807, 2.05) is 18.2 Å². The fourth-order valence-electron chi connectivity index (χ4n) is 7.40. The van der Waals surface area contributed by atoms with Crippen molar-refractivity contribution < 1.29 is 13.6 Å². The second kappa shape index (κ2) is 15.6. The van der Waals surface area contributed by atoms with Gasteiger partial charge in [0.15, 0.2) is 5.65 Å². The molecule has 2 aromatic carbocycles. The first-order chi connectivity index (χ1) is 25.7. The van der Waals surface area contributed by atoms with E-state index in [1.165, 1.54) is 50.0 Å². The smallest absolute Gasteiger partial charge is 0.337 e. The third-order valence-electron chi connectivity index (χ3n) is 10.1. The van der Waals surface area contributed by atoms with Gasteiger partial charge in [-0.15, -0.1) is 0 Å². The highest BCUT2D eigenvalue weighted by Crippen LogP contribution is 2.29. The molecule has 4 aromatic heterocycles. The minimum absolute atomic E-state index is 0.0118. The summed E-state index contributed by atoms with van der Waals surface area (Å²) in [6.07, 6.45) is 9.06. The Morgan fingerprint density at radius 3 is 2.43 bits per heavy atom. The number of nitrogens with zero attached hydrogens (tertiary/aromatic N) is 6. The fraction of sp³-hybridized carbons (Fsp3) is 0.341. The fourth-order valence-corrected chi connectivity index (χ4v) is 7.40. The van der Waals surface area contributed by atoms with Crippen molar-refractivity contribution in [3.05, 3.63) is 129 Å². The molecule has 274 valence electrons. The van der Waals surface area contributed by atoms with E-state index in [-0.39, 0.29) is 28.7 Å². The number of imidazole rings is 1. The molecule has 6 aromatic rings. The predicted octanol–water partition coefficient (Wildman–Crippen LogP) is 7.07. The molecule has 4 heterocycles. The summed E-state index contributed by atoms with van der Waals surface area (Å²) >= 11 is 0. The number of hydrogen-bond donors (Lipinski definition) is 1. The van der Waals surface area contributed by atoms with Crippen molar-refractivity contribution in [3.8, 4) is 16.8 Å². The number of aromatic nitrogens is 5. The summed E-state index contributed by atoms with van der Waals surface area (Å²) in [5.41, 5.74) is 3.16. The van der Waals surface area contributed by atoms with Crippen LogP contribution in [0.4, 0.5) is 8.78 Å². The SMILES string of the molecule is CCCCN(CCC)Cc1ccc(-c2cccc(-n3c(=O)n([C@H]4CC[C@@H](NC(=O)c5cn6cc(F)ccc6n5)CC4)c(=O)c4cc(F)cnc43)c2)cc1. The maximum Gasteiger partial charge on any atom is 0.337 e. The molecule has 1 fully saturated rings. The molecule has 0 bridgehead atoms. The van der Waals surface area contributed by atoms with Crippen LogP contribution >= 0.6 is 0 Å². The first-order valence-electron chi connectivity index (χ1n) is 18.4. The molecular weight excluding hydrogens is 676 g/mol. The molecule has 53 heavy (non-hydrogen) atoms. The molecule has 1 aliphatic rings. The van der Waals surface area contributed by atoms with Gasteiger partial charge in [0.1, 0.15) is 23.0 Å². The van der Waals surface area contributed by atoms with Gasteiger partial charge in [0.05, 0.1) is 17.3 Å². The summed E-state index contributed by atoms with van der Waals surface area (Å²) in [6, 6.07) is 19.2. The number of carbonyl (C=O) groups excluding carboxylic acids is 1. The van der Waals surface area contributed by atoms with Gasteiger partial charge in [-0.2, -0.15) is 0 Å². The third kappa shape index (κ3) is 7.68. The standard InChI is InChI=1S/C41H43F2N7O3/c1-3-5-20-47(19-4-2)24-27-9-11-28(12-10-27)29-7-6-8-34(21-29)49-38-35(22-31(43)23-44-38)40(52)50(41(49)53)33-16-14-32(15-17-33)45-39(51)36-26-48-25-30(42)13-18-37(48)46-36/h6-13,18,21-23,25-26,32-33H,3-5,14-17,19-20,24H2,1-2H3,(H,45,51)/t32-,33+. The number of rotatable bonds is 12. The molecule has 0 spiro atoms. The number of fused-ring (bicyclic) bond motifs is 2. The quantitative estimate of drug-likeness (QED) is 0.145. The van der Waals surface area contributed by atoms with Crippen LogP contribution in [0.5, 0.6) is 0 Å². The monoisotopic (exact) mass is 719 g/mol. The van der Waals surface area contributed by atoms with Gasteiger partial charge >= 0.3 is 5.69 Å². The van der Waals surface area contributed by atoms with Crippen LogP contribution in [0.25, 0.3) is 33.5 Å². The molecule has 0 atom stereocenters. The molecule has 10 nitrogen and oxygen atoms in total. The van der Waals surface area contributed by atoms with E-state index in [2.05, 4.69) is 58.3 Å². The van der Waals surface area contributed by atoms with Crippen LogP contribution in [-0.2, 0) is 6.54 Å². The van der Waals surface area contributed by atoms with Crippen LogP contribution in [0.2, 0.25) is 0 Å². The van der Waals surface area contributed by atoms with E-state index in [0.717, 1.165) is 55.9 Å². The maximum atomic E-state index is 14.6. The van der Waals surface area contributed by atoms with Gasteiger partial charge < -0.3 is 9.72 Å².